The van der Waals surface area contributed by atoms with Gasteiger partial charge in [0.2, 0.25) is 21.8 Å². The summed E-state index contributed by atoms with van der Waals surface area (Å²) in [7, 11) is -3.76. The average molecular weight is 502 g/mol. The van der Waals surface area contributed by atoms with Gasteiger partial charge in [-0.1, -0.05) is 50.2 Å². The number of rotatable bonds is 11. The third-order valence-corrected chi connectivity index (χ3v) is 7.64. The number of nitrogens with zero attached hydrogens (tertiary/aromatic N) is 2. The highest BCUT2D eigenvalue weighted by molar-refractivity contribution is 7.92. The van der Waals surface area contributed by atoms with Crippen LogP contribution in [-0.4, -0.2) is 50.0 Å². The first-order valence-corrected chi connectivity index (χ1v) is 13.9. The molecular formula is C27H39N3O4S. The van der Waals surface area contributed by atoms with Crippen LogP contribution in [-0.2, 0) is 26.2 Å². The van der Waals surface area contributed by atoms with Crippen LogP contribution in [0.15, 0.2) is 42.5 Å². The SMILES string of the molecule is CC[C@H](C(=O)N[C@@H](C)CC)N(Cc1ccccc1C)C(=O)CN(c1cccc(C)c1C)S(C)(=O)=O. The molecule has 0 aliphatic rings. The Labute approximate surface area is 210 Å². The first-order chi connectivity index (χ1) is 16.4. The van der Waals surface area contributed by atoms with Gasteiger partial charge >= 0.3 is 0 Å². The monoisotopic (exact) mass is 501 g/mol. The number of carbonyl (C=O) groups is 2. The minimum absolute atomic E-state index is 0.0329. The highest BCUT2D eigenvalue weighted by Gasteiger charge is 2.32. The van der Waals surface area contributed by atoms with Crippen molar-refractivity contribution in [3.05, 3.63) is 64.7 Å². The lowest BCUT2D eigenvalue weighted by atomic mass is 10.1. The van der Waals surface area contributed by atoms with Crippen molar-refractivity contribution in [3.8, 4) is 0 Å². The lowest BCUT2D eigenvalue weighted by molar-refractivity contribution is -0.140. The fourth-order valence-corrected chi connectivity index (χ4v) is 4.83. The molecule has 192 valence electrons. The summed E-state index contributed by atoms with van der Waals surface area (Å²) in [4.78, 5) is 28.5. The van der Waals surface area contributed by atoms with Gasteiger partial charge in [-0.05, 0) is 68.9 Å². The van der Waals surface area contributed by atoms with Gasteiger partial charge in [0.15, 0.2) is 0 Å². The van der Waals surface area contributed by atoms with Crippen molar-refractivity contribution in [3.63, 3.8) is 0 Å². The fourth-order valence-electron chi connectivity index (χ4n) is 3.93. The summed E-state index contributed by atoms with van der Waals surface area (Å²) in [6, 6.07) is 12.3. The van der Waals surface area contributed by atoms with Gasteiger partial charge in [0.05, 0.1) is 11.9 Å². The van der Waals surface area contributed by atoms with Crippen molar-refractivity contribution in [1.29, 1.82) is 0 Å². The van der Waals surface area contributed by atoms with Gasteiger partial charge in [-0.25, -0.2) is 8.42 Å². The van der Waals surface area contributed by atoms with Crippen LogP contribution < -0.4 is 9.62 Å². The number of sulfonamides is 1. The van der Waals surface area contributed by atoms with Crippen LogP contribution in [0.5, 0.6) is 0 Å². The molecule has 0 aliphatic heterocycles. The van der Waals surface area contributed by atoms with Crippen LogP contribution in [0.4, 0.5) is 5.69 Å². The third kappa shape index (κ3) is 7.31. The van der Waals surface area contributed by atoms with Crippen LogP contribution in [0.2, 0.25) is 0 Å². The summed E-state index contributed by atoms with van der Waals surface area (Å²) in [6.07, 6.45) is 2.27. The second-order valence-corrected chi connectivity index (χ2v) is 11.1. The summed E-state index contributed by atoms with van der Waals surface area (Å²) in [5.41, 5.74) is 4.09. The molecule has 2 atom stereocenters. The summed E-state index contributed by atoms with van der Waals surface area (Å²) < 4.78 is 26.7. The number of benzene rings is 2. The van der Waals surface area contributed by atoms with Crippen LogP contribution in [0.25, 0.3) is 0 Å². The smallest absolute Gasteiger partial charge is 0.244 e. The van der Waals surface area contributed by atoms with Crippen LogP contribution in [0.3, 0.4) is 0 Å². The Morgan fingerprint density at radius 2 is 1.57 bits per heavy atom. The highest BCUT2D eigenvalue weighted by atomic mass is 32.2. The average Bonchev–Trinajstić information content (AvgIpc) is 2.79. The molecule has 1 N–H and O–H groups in total. The van der Waals surface area contributed by atoms with E-state index in [2.05, 4.69) is 5.32 Å². The van der Waals surface area contributed by atoms with Crippen LogP contribution in [0.1, 0.15) is 55.9 Å². The second kappa shape index (κ2) is 12.2. The molecular weight excluding hydrogens is 462 g/mol. The zero-order valence-corrected chi connectivity index (χ0v) is 22.8. The lowest BCUT2D eigenvalue weighted by Crippen LogP contribution is -2.53. The normalized spacial score (nSPS) is 13.1. The van der Waals surface area contributed by atoms with Crippen molar-refractivity contribution in [2.24, 2.45) is 0 Å². The van der Waals surface area contributed by atoms with Gasteiger partial charge in [-0.2, -0.15) is 0 Å². The summed E-state index contributed by atoms with van der Waals surface area (Å²) in [5, 5.41) is 2.98. The maximum absolute atomic E-state index is 13.8. The molecule has 2 aromatic rings. The Kier molecular flexibility index (Phi) is 9.89. The van der Waals surface area contributed by atoms with Crippen molar-refractivity contribution in [2.75, 3.05) is 17.1 Å². The van der Waals surface area contributed by atoms with Gasteiger partial charge in [-0.3, -0.25) is 13.9 Å². The van der Waals surface area contributed by atoms with Gasteiger partial charge < -0.3 is 10.2 Å². The summed E-state index contributed by atoms with van der Waals surface area (Å²) in [5.74, 6) is -0.660. The number of nitrogens with one attached hydrogen (secondary N) is 1. The molecule has 2 rings (SSSR count). The number of anilines is 1. The molecule has 2 amide bonds. The predicted molar refractivity (Wildman–Crippen MR) is 142 cm³/mol. The Hall–Kier alpha value is -2.87. The largest absolute Gasteiger partial charge is 0.352 e. The molecule has 35 heavy (non-hydrogen) atoms. The Bertz CT molecular complexity index is 1150. The van der Waals surface area contributed by atoms with Crippen LogP contribution >= 0.6 is 0 Å². The standard InChI is InChI=1S/C27H39N3O4S/c1-8-21(5)28-27(32)24(9-2)29(17-23-15-11-10-13-20(23)4)26(31)18-30(35(7,33)34)25-16-12-14-19(3)22(25)6/h10-16,21,24H,8-9,17-18H2,1-7H3,(H,28,32)/t21-,24+/m0/s1. The maximum atomic E-state index is 13.8. The summed E-state index contributed by atoms with van der Waals surface area (Å²) >= 11 is 0. The molecule has 0 saturated carbocycles. The fraction of sp³-hybridized carbons (Fsp3) is 0.481. The van der Waals surface area contributed by atoms with E-state index in [0.29, 0.717) is 12.1 Å². The molecule has 8 heteroatoms. The number of amides is 2. The highest BCUT2D eigenvalue weighted by Crippen LogP contribution is 2.26. The molecule has 2 aromatic carbocycles. The third-order valence-electron chi connectivity index (χ3n) is 6.51. The summed E-state index contributed by atoms with van der Waals surface area (Å²) in [6.45, 7) is 11.3. The van der Waals surface area contributed by atoms with Gasteiger partial charge in [0.25, 0.3) is 0 Å². The van der Waals surface area contributed by atoms with E-state index in [-0.39, 0.29) is 25.0 Å². The van der Waals surface area contributed by atoms with E-state index in [4.69, 9.17) is 0 Å². The molecule has 0 aliphatic carbocycles. The van der Waals surface area contributed by atoms with Gasteiger partial charge in [-0.15, -0.1) is 0 Å². The molecule has 0 bridgehead atoms. The Morgan fingerprint density at radius 3 is 2.14 bits per heavy atom. The maximum Gasteiger partial charge on any atom is 0.244 e. The topological polar surface area (TPSA) is 86.8 Å². The van der Waals surface area contributed by atoms with Crippen molar-refractivity contribution < 1.29 is 18.0 Å². The van der Waals surface area contributed by atoms with Crippen molar-refractivity contribution in [1.82, 2.24) is 10.2 Å². The van der Waals surface area contributed by atoms with Gasteiger partial charge in [0.1, 0.15) is 12.6 Å². The van der Waals surface area contributed by atoms with E-state index < -0.39 is 22.0 Å². The van der Waals surface area contributed by atoms with E-state index in [0.717, 1.165) is 39.2 Å². The van der Waals surface area contributed by atoms with Crippen LogP contribution in [0, 0.1) is 20.8 Å². The molecule has 0 saturated heterocycles. The Balaban J connectivity index is 2.50. The van der Waals surface area contributed by atoms with E-state index in [1.54, 1.807) is 12.1 Å². The quantitative estimate of drug-likeness (QED) is 0.502. The molecule has 0 fully saturated rings. The number of hydrogen-bond donors (Lipinski definition) is 1. The van der Waals surface area contributed by atoms with Gasteiger partial charge in [0, 0.05) is 12.6 Å². The molecule has 0 spiro atoms. The number of hydrogen-bond acceptors (Lipinski definition) is 4. The lowest BCUT2D eigenvalue weighted by Gasteiger charge is -2.34. The number of carbonyl (C=O) groups excluding carboxylic acids is 2. The minimum atomic E-state index is -3.76. The number of aryl methyl sites for hydroxylation is 2. The first-order valence-electron chi connectivity index (χ1n) is 12.1. The van der Waals surface area contributed by atoms with E-state index in [9.17, 15) is 18.0 Å². The van der Waals surface area contributed by atoms with E-state index in [1.165, 1.54) is 4.90 Å². The first kappa shape index (κ1) is 28.4. The molecule has 0 aromatic heterocycles. The molecule has 0 heterocycles. The molecule has 0 unspecified atom stereocenters. The minimum Gasteiger partial charge on any atom is -0.352 e. The zero-order chi connectivity index (χ0) is 26.3. The van der Waals surface area contributed by atoms with E-state index in [1.807, 2.05) is 71.9 Å². The Morgan fingerprint density at radius 1 is 0.943 bits per heavy atom. The molecule has 0 radical (unpaired) electrons. The van der Waals surface area contributed by atoms with Crippen molar-refractivity contribution >= 4 is 27.5 Å². The van der Waals surface area contributed by atoms with Crippen molar-refractivity contribution in [2.45, 2.75) is 73.0 Å². The second-order valence-electron chi connectivity index (χ2n) is 9.18. The molecule has 7 nitrogen and oxygen atoms in total. The van der Waals surface area contributed by atoms with E-state index >= 15 is 0 Å². The zero-order valence-electron chi connectivity index (χ0n) is 22.0. The predicted octanol–water partition coefficient (Wildman–Crippen LogP) is 4.10.